The van der Waals surface area contributed by atoms with Crippen molar-refractivity contribution in [3.05, 3.63) is 35.9 Å². The minimum atomic E-state index is 0.549. The van der Waals surface area contributed by atoms with Gasteiger partial charge in [0.2, 0.25) is 0 Å². The summed E-state index contributed by atoms with van der Waals surface area (Å²) in [5.74, 6) is 0.549. The third-order valence-corrected chi connectivity index (χ3v) is 2.60. The first kappa shape index (κ1) is 7.53. The van der Waals surface area contributed by atoms with E-state index in [4.69, 9.17) is 5.41 Å². The number of benzene rings is 1. The van der Waals surface area contributed by atoms with E-state index in [-0.39, 0.29) is 0 Å². The molecule has 62 valence electrons. The van der Waals surface area contributed by atoms with E-state index in [1.165, 1.54) is 19.3 Å². The maximum absolute atomic E-state index is 7.89. The summed E-state index contributed by atoms with van der Waals surface area (Å²) in [6, 6.07) is 10.1. The fourth-order valence-corrected chi connectivity index (χ4v) is 1.55. The summed E-state index contributed by atoms with van der Waals surface area (Å²) < 4.78 is 0. The van der Waals surface area contributed by atoms with E-state index in [1.807, 2.05) is 30.3 Å². The summed E-state index contributed by atoms with van der Waals surface area (Å²) in [5, 5.41) is 7.89. The lowest BCUT2D eigenvalue weighted by molar-refractivity contribution is 0.412. The Kier molecular flexibility index (Phi) is 1.94. The fraction of sp³-hybridized carbons (Fsp3) is 0.364. The SMILES string of the molecule is N=C(c1ccccc1)C1CCC1. The first-order valence-corrected chi connectivity index (χ1v) is 4.52. The molecular formula is C11H13N. The van der Waals surface area contributed by atoms with Gasteiger partial charge in [0.05, 0.1) is 0 Å². The van der Waals surface area contributed by atoms with Gasteiger partial charge >= 0.3 is 0 Å². The molecule has 0 radical (unpaired) electrons. The van der Waals surface area contributed by atoms with Crippen LogP contribution < -0.4 is 0 Å². The summed E-state index contributed by atoms with van der Waals surface area (Å²) in [7, 11) is 0. The molecule has 1 aromatic carbocycles. The van der Waals surface area contributed by atoms with Gasteiger partial charge in [-0.1, -0.05) is 36.8 Å². The normalized spacial score (nSPS) is 17.0. The van der Waals surface area contributed by atoms with Crippen LogP contribution in [0.1, 0.15) is 24.8 Å². The number of rotatable bonds is 2. The lowest BCUT2D eigenvalue weighted by atomic mass is 9.79. The van der Waals surface area contributed by atoms with Crippen LogP contribution in [-0.4, -0.2) is 5.71 Å². The predicted molar refractivity (Wildman–Crippen MR) is 50.6 cm³/mol. The van der Waals surface area contributed by atoms with Gasteiger partial charge in [0.25, 0.3) is 0 Å². The van der Waals surface area contributed by atoms with Crippen molar-refractivity contribution in [1.29, 1.82) is 5.41 Å². The second-order valence-corrected chi connectivity index (χ2v) is 3.41. The Morgan fingerprint density at radius 3 is 2.33 bits per heavy atom. The van der Waals surface area contributed by atoms with Crippen molar-refractivity contribution >= 4 is 5.71 Å². The zero-order chi connectivity index (χ0) is 8.39. The first-order chi connectivity index (χ1) is 5.88. The Labute approximate surface area is 72.9 Å². The molecule has 1 aliphatic carbocycles. The number of nitrogens with one attached hydrogen (secondary N) is 1. The second-order valence-electron chi connectivity index (χ2n) is 3.41. The largest absolute Gasteiger partial charge is 0.304 e. The Morgan fingerprint density at radius 2 is 1.83 bits per heavy atom. The van der Waals surface area contributed by atoms with Crippen molar-refractivity contribution in [3.63, 3.8) is 0 Å². The Bertz CT molecular complexity index is 272. The highest BCUT2D eigenvalue weighted by atomic mass is 14.5. The van der Waals surface area contributed by atoms with Crippen LogP contribution in [0.15, 0.2) is 30.3 Å². The van der Waals surface area contributed by atoms with E-state index < -0.39 is 0 Å². The molecule has 0 unspecified atom stereocenters. The molecule has 0 spiro atoms. The van der Waals surface area contributed by atoms with E-state index >= 15 is 0 Å². The van der Waals surface area contributed by atoms with E-state index in [0.29, 0.717) is 5.92 Å². The summed E-state index contributed by atoms with van der Waals surface area (Å²) >= 11 is 0. The smallest absolute Gasteiger partial charge is 0.0417 e. The Morgan fingerprint density at radius 1 is 1.17 bits per heavy atom. The quantitative estimate of drug-likeness (QED) is 0.641. The standard InChI is InChI=1S/C11H13N/c12-11(10-7-4-8-10)9-5-2-1-3-6-9/h1-3,5-6,10,12H,4,7-8H2. The molecule has 1 heteroatoms. The summed E-state index contributed by atoms with van der Waals surface area (Å²) in [6.07, 6.45) is 3.74. The third-order valence-electron chi connectivity index (χ3n) is 2.60. The molecule has 1 N–H and O–H groups in total. The van der Waals surface area contributed by atoms with E-state index in [2.05, 4.69) is 0 Å². The molecule has 0 saturated heterocycles. The monoisotopic (exact) mass is 159 g/mol. The van der Waals surface area contributed by atoms with Gasteiger partial charge in [-0.3, -0.25) is 0 Å². The fourth-order valence-electron chi connectivity index (χ4n) is 1.55. The van der Waals surface area contributed by atoms with Crippen molar-refractivity contribution in [2.24, 2.45) is 5.92 Å². The van der Waals surface area contributed by atoms with Crippen LogP contribution in [-0.2, 0) is 0 Å². The molecule has 12 heavy (non-hydrogen) atoms. The first-order valence-electron chi connectivity index (χ1n) is 4.52. The predicted octanol–water partition coefficient (Wildman–Crippen LogP) is 2.85. The molecule has 1 saturated carbocycles. The van der Waals surface area contributed by atoms with Crippen LogP contribution in [0, 0.1) is 11.3 Å². The molecule has 0 bridgehead atoms. The molecule has 1 fully saturated rings. The van der Waals surface area contributed by atoms with Crippen LogP contribution in [0.2, 0.25) is 0 Å². The maximum atomic E-state index is 7.89. The third kappa shape index (κ3) is 1.27. The summed E-state index contributed by atoms with van der Waals surface area (Å²) in [6.45, 7) is 0. The number of hydrogen-bond donors (Lipinski definition) is 1. The second kappa shape index (κ2) is 3.10. The van der Waals surface area contributed by atoms with Crippen molar-refractivity contribution in [1.82, 2.24) is 0 Å². The van der Waals surface area contributed by atoms with Crippen molar-refractivity contribution < 1.29 is 0 Å². The molecule has 0 amide bonds. The molecule has 1 nitrogen and oxygen atoms in total. The van der Waals surface area contributed by atoms with Gasteiger partial charge in [0, 0.05) is 11.6 Å². The van der Waals surface area contributed by atoms with E-state index in [0.717, 1.165) is 11.3 Å². The van der Waals surface area contributed by atoms with Gasteiger partial charge in [-0.25, -0.2) is 0 Å². The van der Waals surface area contributed by atoms with Crippen molar-refractivity contribution in [2.75, 3.05) is 0 Å². The Hall–Kier alpha value is -1.11. The lowest BCUT2D eigenvalue weighted by Crippen LogP contribution is -2.21. The van der Waals surface area contributed by atoms with Gasteiger partial charge in [0.15, 0.2) is 0 Å². The average Bonchev–Trinajstić information content (AvgIpc) is 2.03. The van der Waals surface area contributed by atoms with Crippen molar-refractivity contribution in [3.8, 4) is 0 Å². The highest BCUT2D eigenvalue weighted by molar-refractivity contribution is 6.00. The molecule has 1 aliphatic rings. The van der Waals surface area contributed by atoms with Gasteiger partial charge in [-0.05, 0) is 18.4 Å². The van der Waals surface area contributed by atoms with E-state index in [9.17, 15) is 0 Å². The average molecular weight is 159 g/mol. The zero-order valence-corrected chi connectivity index (χ0v) is 7.09. The van der Waals surface area contributed by atoms with Crippen LogP contribution >= 0.6 is 0 Å². The molecule has 0 aromatic heterocycles. The Balaban J connectivity index is 2.14. The topological polar surface area (TPSA) is 23.9 Å². The minimum absolute atomic E-state index is 0.549. The summed E-state index contributed by atoms with van der Waals surface area (Å²) in [4.78, 5) is 0. The lowest BCUT2D eigenvalue weighted by Gasteiger charge is -2.26. The molecule has 2 rings (SSSR count). The molecule has 0 atom stereocenters. The minimum Gasteiger partial charge on any atom is -0.304 e. The van der Waals surface area contributed by atoms with Gasteiger partial charge in [0.1, 0.15) is 0 Å². The molecule has 0 aliphatic heterocycles. The molecular weight excluding hydrogens is 146 g/mol. The van der Waals surface area contributed by atoms with Crippen LogP contribution in [0.4, 0.5) is 0 Å². The molecule has 1 aromatic rings. The van der Waals surface area contributed by atoms with Crippen LogP contribution in [0.3, 0.4) is 0 Å². The van der Waals surface area contributed by atoms with Crippen LogP contribution in [0.5, 0.6) is 0 Å². The van der Waals surface area contributed by atoms with Gasteiger partial charge in [-0.2, -0.15) is 0 Å². The highest BCUT2D eigenvalue weighted by Gasteiger charge is 2.22. The maximum Gasteiger partial charge on any atom is 0.0417 e. The van der Waals surface area contributed by atoms with E-state index in [1.54, 1.807) is 0 Å². The van der Waals surface area contributed by atoms with Gasteiger partial charge in [-0.15, -0.1) is 0 Å². The molecule has 0 heterocycles. The number of hydrogen-bond acceptors (Lipinski definition) is 1. The van der Waals surface area contributed by atoms with Crippen LogP contribution in [0.25, 0.3) is 0 Å². The van der Waals surface area contributed by atoms with Gasteiger partial charge < -0.3 is 5.41 Å². The zero-order valence-electron chi connectivity index (χ0n) is 7.09. The highest BCUT2D eigenvalue weighted by Crippen LogP contribution is 2.29. The summed E-state index contributed by atoms with van der Waals surface area (Å²) in [5.41, 5.74) is 1.93. The van der Waals surface area contributed by atoms with Crippen molar-refractivity contribution in [2.45, 2.75) is 19.3 Å².